The van der Waals surface area contributed by atoms with Crippen LogP contribution in [0.5, 0.6) is 17.2 Å². The van der Waals surface area contributed by atoms with E-state index >= 15 is 0 Å². The molecule has 3 heterocycles. The molecule has 33 heavy (non-hydrogen) atoms. The van der Waals surface area contributed by atoms with Crippen LogP contribution >= 0.6 is 0 Å². The van der Waals surface area contributed by atoms with E-state index in [1.807, 2.05) is 36.4 Å². The maximum absolute atomic E-state index is 12.7. The van der Waals surface area contributed by atoms with Gasteiger partial charge in [-0.1, -0.05) is 17.3 Å². The van der Waals surface area contributed by atoms with Crippen LogP contribution in [0.25, 0.3) is 11.3 Å². The fraction of sp³-hybridized carbons (Fsp3) is 0.292. The number of anilines is 1. The summed E-state index contributed by atoms with van der Waals surface area (Å²) < 4.78 is 21.9. The number of hydrogen-bond acceptors (Lipinski definition) is 7. The second kappa shape index (κ2) is 8.85. The summed E-state index contributed by atoms with van der Waals surface area (Å²) in [5.41, 5.74) is 2.05. The molecule has 0 radical (unpaired) electrons. The molecule has 1 fully saturated rings. The van der Waals surface area contributed by atoms with Crippen LogP contribution in [0, 0.1) is 5.92 Å². The van der Waals surface area contributed by atoms with Gasteiger partial charge in [0.05, 0.1) is 25.3 Å². The number of benzene rings is 2. The van der Waals surface area contributed by atoms with Crippen LogP contribution in [0.2, 0.25) is 0 Å². The summed E-state index contributed by atoms with van der Waals surface area (Å²) >= 11 is 0. The second-order valence-electron chi connectivity index (χ2n) is 7.84. The Hall–Kier alpha value is -4.01. The minimum atomic E-state index is -0.452. The lowest BCUT2D eigenvalue weighted by molar-refractivity contribution is -0.126. The zero-order valence-electron chi connectivity index (χ0n) is 18.1. The van der Waals surface area contributed by atoms with E-state index in [4.69, 9.17) is 18.7 Å². The summed E-state index contributed by atoms with van der Waals surface area (Å²) in [4.78, 5) is 26.9. The Morgan fingerprint density at radius 3 is 2.82 bits per heavy atom. The Bertz CT molecular complexity index is 1190. The topological polar surface area (TPSA) is 103 Å². The van der Waals surface area contributed by atoms with E-state index < -0.39 is 5.92 Å². The standard InChI is InChI=1S/C24H23N3O6/c1-30-19-5-3-2-4-18(19)27-14-16(11-23(27)28)24(29)25-13-17-12-21(33-26-17)15-6-7-20-22(10-15)32-9-8-31-20/h2-7,10,12,16H,8-9,11,13-14H2,1H3,(H,25,29). The molecule has 9 nitrogen and oxygen atoms in total. The van der Waals surface area contributed by atoms with Crippen molar-refractivity contribution in [3.05, 3.63) is 54.2 Å². The van der Waals surface area contributed by atoms with Crippen molar-refractivity contribution in [2.45, 2.75) is 13.0 Å². The van der Waals surface area contributed by atoms with Gasteiger partial charge in [0.15, 0.2) is 17.3 Å². The molecule has 2 amide bonds. The minimum absolute atomic E-state index is 0.109. The van der Waals surface area contributed by atoms with Crippen LogP contribution in [-0.4, -0.2) is 43.8 Å². The number of rotatable bonds is 6. The smallest absolute Gasteiger partial charge is 0.227 e. The molecular formula is C24H23N3O6. The lowest BCUT2D eigenvalue weighted by atomic mass is 10.1. The molecule has 0 spiro atoms. The number of fused-ring (bicyclic) bond motifs is 1. The molecule has 1 N–H and O–H groups in total. The molecule has 1 saturated heterocycles. The average Bonchev–Trinajstić information content (AvgIpc) is 3.49. The number of ether oxygens (including phenoxy) is 3. The maximum Gasteiger partial charge on any atom is 0.227 e. The molecule has 9 heteroatoms. The lowest BCUT2D eigenvalue weighted by Crippen LogP contribution is -2.32. The minimum Gasteiger partial charge on any atom is -0.495 e. The monoisotopic (exact) mass is 449 g/mol. The molecule has 170 valence electrons. The average molecular weight is 449 g/mol. The first kappa shape index (κ1) is 20.9. The van der Waals surface area contributed by atoms with Gasteiger partial charge in [-0.15, -0.1) is 0 Å². The summed E-state index contributed by atoms with van der Waals surface area (Å²) in [5, 5.41) is 6.91. The first-order valence-corrected chi connectivity index (χ1v) is 10.7. The Morgan fingerprint density at radius 1 is 1.15 bits per heavy atom. The van der Waals surface area contributed by atoms with Gasteiger partial charge in [-0.25, -0.2) is 0 Å². The quantitative estimate of drug-likeness (QED) is 0.617. The number of carbonyl (C=O) groups excluding carboxylic acids is 2. The highest BCUT2D eigenvalue weighted by Gasteiger charge is 2.36. The Balaban J connectivity index is 1.21. The van der Waals surface area contributed by atoms with Crippen LogP contribution < -0.4 is 24.4 Å². The fourth-order valence-corrected chi connectivity index (χ4v) is 4.02. The van der Waals surface area contributed by atoms with Gasteiger partial charge >= 0.3 is 0 Å². The third-order valence-corrected chi connectivity index (χ3v) is 5.70. The normalized spacial score (nSPS) is 17.2. The van der Waals surface area contributed by atoms with Crippen LogP contribution in [0.3, 0.4) is 0 Å². The summed E-state index contributed by atoms with van der Waals surface area (Å²) in [6, 6.07) is 14.6. The number of nitrogens with zero attached hydrogens (tertiary/aromatic N) is 2. The molecule has 0 bridgehead atoms. The predicted octanol–water partition coefficient (Wildman–Crippen LogP) is 2.79. The molecule has 1 atom stereocenters. The first-order valence-electron chi connectivity index (χ1n) is 10.7. The summed E-state index contributed by atoms with van der Waals surface area (Å²) in [6.07, 6.45) is 0.144. The molecular weight excluding hydrogens is 426 g/mol. The number of aromatic nitrogens is 1. The first-order chi connectivity index (χ1) is 16.1. The molecule has 2 aliphatic heterocycles. The highest BCUT2D eigenvalue weighted by atomic mass is 16.6. The fourth-order valence-electron chi connectivity index (χ4n) is 4.02. The van der Waals surface area contributed by atoms with Crippen molar-refractivity contribution in [2.75, 3.05) is 31.8 Å². The molecule has 1 aromatic heterocycles. The zero-order chi connectivity index (χ0) is 22.8. The van der Waals surface area contributed by atoms with Gasteiger partial charge in [-0.2, -0.15) is 0 Å². The van der Waals surface area contributed by atoms with Crippen molar-refractivity contribution in [2.24, 2.45) is 5.92 Å². The van der Waals surface area contributed by atoms with E-state index in [1.54, 1.807) is 24.1 Å². The van der Waals surface area contributed by atoms with Crippen molar-refractivity contribution in [3.63, 3.8) is 0 Å². The Labute approximate surface area is 190 Å². The van der Waals surface area contributed by atoms with E-state index in [9.17, 15) is 9.59 Å². The molecule has 0 saturated carbocycles. The van der Waals surface area contributed by atoms with Crippen LogP contribution in [-0.2, 0) is 16.1 Å². The Kier molecular flexibility index (Phi) is 5.60. The summed E-state index contributed by atoms with van der Waals surface area (Å²) in [7, 11) is 1.56. The maximum atomic E-state index is 12.7. The van der Waals surface area contributed by atoms with Gasteiger partial charge in [0.25, 0.3) is 0 Å². The van der Waals surface area contributed by atoms with Gasteiger partial charge in [0.2, 0.25) is 11.8 Å². The number of methoxy groups -OCH3 is 1. The predicted molar refractivity (Wildman–Crippen MR) is 118 cm³/mol. The van der Waals surface area contributed by atoms with Crippen molar-refractivity contribution in [3.8, 4) is 28.6 Å². The number of para-hydroxylation sites is 2. The van der Waals surface area contributed by atoms with Gasteiger partial charge in [0.1, 0.15) is 24.7 Å². The molecule has 2 aromatic carbocycles. The van der Waals surface area contributed by atoms with Gasteiger partial charge < -0.3 is 29.0 Å². The Morgan fingerprint density at radius 2 is 1.97 bits per heavy atom. The highest BCUT2D eigenvalue weighted by molar-refractivity contribution is 6.01. The number of amides is 2. The number of carbonyl (C=O) groups is 2. The molecule has 5 rings (SSSR count). The van der Waals surface area contributed by atoms with E-state index in [0.717, 1.165) is 5.56 Å². The van der Waals surface area contributed by atoms with Gasteiger partial charge in [-0.05, 0) is 30.3 Å². The lowest BCUT2D eigenvalue weighted by Gasteiger charge is -2.19. The van der Waals surface area contributed by atoms with Crippen molar-refractivity contribution in [1.82, 2.24) is 10.5 Å². The third kappa shape index (κ3) is 4.21. The van der Waals surface area contributed by atoms with Crippen LogP contribution in [0.1, 0.15) is 12.1 Å². The summed E-state index contributed by atoms with van der Waals surface area (Å²) in [5.74, 6) is 1.76. The zero-order valence-corrected chi connectivity index (χ0v) is 18.1. The SMILES string of the molecule is COc1ccccc1N1CC(C(=O)NCc2cc(-c3ccc4c(c3)OCCO4)on2)CC1=O. The van der Waals surface area contributed by atoms with Crippen molar-refractivity contribution < 1.29 is 28.3 Å². The molecule has 2 aliphatic rings. The van der Waals surface area contributed by atoms with E-state index in [2.05, 4.69) is 10.5 Å². The van der Waals surface area contributed by atoms with Gasteiger partial charge in [-0.3, -0.25) is 9.59 Å². The number of nitrogens with one attached hydrogen (secondary N) is 1. The highest BCUT2D eigenvalue weighted by Crippen LogP contribution is 2.35. The molecule has 1 unspecified atom stereocenters. The largest absolute Gasteiger partial charge is 0.495 e. The number of hydrogen-bond donors (Lipinski definition) is 1. The molecule has 0 aliphatic carbocycles. The van der Waals surface area contributed by atoms with E-state index in [0.29, 0.717) is 54.1 Å². The van der Waals surface area contributed by atoms with Crippen LogP contribution in [0.4, 0.5) is 5.69 Å². The van der Waals surface area contributed by atoms with Gasteiger partial charge in [0, 0.05) is 24.6 Å². The second-order valence-corrected chi connectivity index (χ2v) is 7.84. The van der Waals surface area contributed by atoms with E-state index in [1.165, 1.54) is 0 Å². The van der Waals surface area contributed by atoms with E-state index in [-0.39, 0.29) is 24.8 Å². The molecule has 3 aromatic rings. The third-order valence-electron chi connectivity index (χ3n) is 5.70. The van der Waals surface area contributed by atoms with Crippen LogP contribution in [0.15, 0.2) is 53.1 Å². The van der Waals surface area contributed by atoms with Crippen molar-refractivity contribution in [1.29, 1.82) is 0 Å². The summed E-state index contributed by atoms with van der Waals surface area (Å²) in [6.45, 7) is 1.53. The van der Waals surface area contributed by atoms with Crippen molar-refractivity contribution >= 4 is 17.5 Å².